The number of fused-ring (bicyclic) bond motifs is 1. The third-order valence-corrected chi connectivity index (χ3v) is 5.48. The summed E-state index contributed by atoms with van der Waals surface area (Å²) in [5, 5.41) is 0. The molecule has 0 radical (unpaired) electrons. The largest absolute Gasteiger partial charge is 0.364 e. The molecule has 0 N–H and O–H groups in total. The summed E-state index contributed by atoms with van der Waals surface area (Å²) in [5.74, 6) is 0.645. The minimum Gasteiger partial charge on any atom is -0.364 e. The van der Waals surface area contributed by atoms with E-state index in [1.165, 1.54) is 4.88 Å². The van der Waals surface area contributed by atoms with E-state index in [1.807, 2.05) is 5.51 Å². The van der Waals surface area contributed by atoms with Gasteiger partial charge in [-0.3, -0.25) is 9.69 Å². The molecule has 0 unspecified atom stereocenters. The van der Waals surface area contributed by atoms with Gasteiger partial charge in [0, 0.05) is 32.1 Å². The molecule has 3 atom stereocenters. The van der Waals surface area contributed by atoms with Gasteiger partial charge in [-0.05, 0) is 32.2 Å². The van der Waals surface area contributed by atoms with E-state index in [2.05, 4.69) is 16.8 Å². The van der Waals surface area contributed by atoms with Gasteiger partial charge >= 0.3 is 0 Å². The van der Waals surface area contributed by atoms with Crippen LogP contribution in [-0.4, -0.2) is 60.1 Å². The Morgan fingerprint density at radius 3 is 3.05 bits per heavy atom. The van der Waals surface area contributed by atoms with Crippen LogP contribution in [-0.2, 0) is 16.1 Å². The summed E-state index contributed by atoms with van der Waals surface area (Å²) in [4.78, 5) is 21.8. The van der Waals surface area contributed by atoms with Gasteiger partial charge in [0.05, 0.1) is 17.3 Å². The predicted molar refractivity (Wildman–Crippen MR) is 82.2 cm³/mol. The van der Waals surface area contributed by atoms with Crippen molar-refractivity contribution in [1.82, 2.24) is 14.8 Å². The number of amides is 1. The second-order valence-electron chi connectivity index (χ2n) is 6.28. The number of nitrogens with zero attached hydrogens (tertiary/aromatic N) is 3. The third kappa shape index (κ3) is 3.12. The number of thiazole rings is 1. The van der Waals surface area contributed by atoms with Gasteiger partial charge in [0.25, 0.3) is 5.91 Å². The second-order valence-corrected chi connectivity index (χ2v) is 7.22. The highest BCUT2D eigenvalue weighted by Crippen LogP contribution is 2.34. The van der Waals surface area contributed by atoms with Crippen molar-refractivity contribution in [2.75, 3.05) is 27.2 Å². The zero-order valence-electron chi connectivity index (χ0n) is 12.9. The van der Waals surface area contributed by atoms with Crippen molar-refractivity contribution in [3.05, 3.63) is 16.1 Å². The molecule has 0 spiro atoms. The van der Waals surface area contributed by atoms with E-state index in [0.717, 1.165) is 38.2 Å². The summed E-state index contributed by atoms with van der Waals surface area (Å²) >= 11 is 1.72. The summed E-state index contributed by atoms with van der Waals surface area (Å²) in [6.45, 7) is 5.04. The van der Waals surface area contributed by atoms with Crippen LogP contribution in [0.1, 0.15) is 23.4 Å². The van der Waals surface area contributed by atoms with Gasteiger partial charge in [-0.1, -0.05) is 0 Å². The smallest absolute Gasteiger partial charge is 0.251 e. The molecule has 3 heterocycles. The van der Waals surface area contributed by atoms with Gasteiger partial charge in [0.2, 0.25) is 0 Å². The van der Waals surface area contributed by atoms with Crippen LogP contribution in [0.25, 0.3) is 0 Å². The minimum atomic E-state index is -0.236. The van der Waals surface area contributed by atoms with Crippen LogP contribution in [0.3, 0.4) is 0 Å². The van der Waals surface area contributed by atoms with Crippen molar-refractivity contribution in [3.63, 3.8) is 0 Å². The Morgan fingerprint density at radius 1 is 1.57 bits per heavy atom. The Labute approximate surface area is 129 Å². The Balaban J connectivity index is 1.59. The normalized spacial score (nSPS) is 29.4. The van der Waals surface area contributed by atoms with Gasteiger partial charge in [-0.15, -0.1) is 11.3 Å². The number of rotatable bonds is 3. The number of aryl methyl sites for hydroxylation is 1. The maximum Gasteiger partial charge on any atom is 0.251 e. The van der Waals surface area contributed by atoms with Crippen molar-refractivity contribution < 1.29 is 9.53 Å². The van der Waals surface area contributed by atoms with Gasteiger partial charge in [0.1, 0.15) is 6.10 Å². The van der Waals surface area contributed by atoms with Gasteiger partial charge < -0.3 is 9.64 Å². The van der Waals surface area contributed by atoms with Gasteiger partial charge in [0.15, 0.2) is 0 Å². The molecule has 0 aromatic carbocycles. The van der Waals surface area contributed by atoms with Crippen LogP contribution in [0.4, 0.5) is 0 Å². The van der Waals surface area contributed by atoms with E-state index in [-0.39, 0.29) is 18.1 Å². The SMILES string of the molecule is Cc1ncsc1CN1CC[C@@H]2C[C@@H](C(=O)N(C)C)O[C@@H]2C1. The molecule has 2 saturated heterocycles. The molecule has 0 saturated carbocycles. The molecule has 21 heavy (non-hydrogen) atoms. The Bertz CT molecular complexity index is 517. The molecule has 2 fully saturated rings. The van der Waals surface area contributed by atoms with Gasteiger partial charge in [-0.25, -0.2) is 4.98 Å². The molecular formula is C15H23N3O2S. The lowest BCUT2D eigenvalue weighted by Crippen LogP contribution is -2.42. The molecule has 6 heteroatoms. The third-order valence-electron chi connectivity index (χ3n) is 4.56. The highest BCUT2D eigenvalue weighted by Gasteiger charge is 2.42. The molecule has 0 aliphatic carbocycles. The Kier molecular flexibility index (Phi) is 4.28. The van der Waals surface area contributed by atoms with E-state index >= 15 is 0 Å². The van der Waals surface area contributed by atoms with Crippen LogP contribution in [0.5, 0.6) is 0 Å². The number of likely N-dealkylation sites (N-methyl/N-ethyl adjacent to an activating group) is 1. The topological polar surface area (TPSA) is 45.7 Å². The second kappa shape index (κ2) is 6.02. The van der Waals surface area contributed by atoms with E-state index in [9.17, 15) is 4.79 Å². The highest BCUT2D eigenvalue weighted by atomic mass is 32.1. The molecule has 2 aliphatic rings. The summed E-state index contributed by atoms with van der Waals surface area (Å²) in [6.07, 6.45) is 1.98. The van der Waals surface area contributed by atoms with E-state index in [1.54, 1.807) is 30.3 Å². The maximum atomic E-state index is 12.1. The number of piperidine rings is 1. The summed E-state index contributed by atoms with van der Waals surface area (Å²) in [6, 6.07) is 0. The number of carbonyl (C=O) groups excluding carboxylic acids is 1. The molecule has 116 valence electrons. The van der Waals surface area contributed by atoms with Crippen molar-refractivity contribution in [2.24, 2.45) is 5.92 Å². The molecule has 1 aromatic heterocycles. The van der Waals surface area contributed by atoms with E-state index in [0.29, 0.717) is 5.92 Å². The van der Waals surface area contributed by atoms with E-state index in [4.69, 9.17) is 4.74 Å². The van der Waals surface area contributed by atoms with Crippen molar-refractivity contribution >= 4 is 17.2 Å². The average Bonchev–Trinajstić information content (AvgIpc) is 3.04. The highest BCUT2D eigenvalue weighted by molar-refractivity contribution is 7.09. The number of hydrogen-bond acceptors (Lipinski definition) is 5. The monoisotopic (exact) mass is 309 g/mol. The lowest BCUT2D eigenvalue weighted by atomic mass is 9.91. The number of likely N-dealkylation sites (tertiary alicyclic amines) is 1. The van der Waals surface area contributed by atoms with Crippen LogP contribution >= 0.6 is 11.3 Å². The first-order chi connectivity index (χ1) is 10.0. The zero-order valence-corrected chi connectivity index (χ0v) is 13.7. The average molecular weight is 309 g/mol. The first kappa shape index (κ1) is 14.9. The maximum absolute atomic E-state index is 12.1. The van der Waals surface area contributed by atoms with Crippen LogP contribution in [0, 0.1) is 12.8 Å². The molecule has 5 nitrogen and oxygen atoms in total. The lowest BCUT2D eigenvalue weighted by Gasteiger charge is -2.33. The summed E-state index contributed by atoms with van der Waals surface area (Å²) in [5.41, 5.74) is 3.05. The number of hydrogen-bond donors (Lipinski definition) is 0. The molecule has 2 aliphatic heterocycles. The first-order valence-corrected chi connectivity index (χ1v) is 8.40. The predicted octanol–water partition coefficient (Wildman–Crippen LogP) is 1.52. The number of carbonyl (C=O) groups is 1. The van der Waals surface area contributed by atoms with Gasteiger partial charge in [-0.2, -0.15) is 0 Å². The molecule has 1 amide bonds. The van der Waals surface area contributed by atoms with Crippen LogP contribution < -0.4 is 0 Å². The fraction of sp³-hybridized carbons (Fsp3) is 0.733. The summed E-state index contributed by atoms with van der Waals surface area (Å²) in [7, 11) is 3.60. The minimum absolute atomic E-state index is 0.106. The molecule has 1 aromatic rings. The number of ether oxygens (including phenoxy) is 1. The number of aromatic nitrogens is 1. The summed E-state index contributed by atoms with van der Waals surface area (Å²) < 4.78 is 6.02. The van der Waals surface area contributed by atoms with Crippen LogP contribution in [0.15, 0.2) is 5.51 Å². The van der Waals surface area contributed by atoms with Crippen molar-refractivity contribution in [2.45, 2.75) is 38.5 Å². The van der Waals surface area contributed by atoms with Crippen molar-refractivity contribution in [3.8, 4) is 0 Å². The quantitative estimate of drug-likeness (QED) is 0.849. The first-order valence-electron chi connectivity index (χ1n) is 7.52. The zero-order chi connectivity index (χ0) is 15.0. The molecule has 0 bridgehead atoms. The standard InChI is InChI=1S/C15H23N3O2S/c1-10-14(21-9-16-10)8-18-5-4-11-6-12(15(19)17(2)3)20-13(11)7-18/h9,11-13H,4-8H2,1-3H3/t11-,12+,13-/m1/s1. The van der Waals surface area contributed by atoms with Crippen molar-refractivity contribution in [1.29, 1.82) is 0 Å². The Morgan fingerprint density at radius 2 is 2.38 bits per heavy atom. The lowest BCUT2D eigenvalue weighted by molar-refractivity contribution is -0.141. The molecular weight excluding hydrogens is 286 g/mol. The van der Waals surface area contributed by atoms with Crippen LogP contribution in [0.2, 0.25) is 0 Å². The molecule has 3 rings (SSSR count). The fourth-order valence-corrected chi connectivity index (χ4v) is 4.08. The Hall–Kier alpha value is -0.980. The van der Waals surface area contributed by atoms with E-state index < -0.39 is 0 Å². The fourth-order valence-electron chi connectivity index (χ4n) is 3.27.